The van der Waals surface area contributed by atoms with Crippen LogP contribution in [0.5, 0.6) is 11.8 Å². The van der Waals surface area contributed by atoms with E-state index in [0.29, 0.717) is 22.7 Å². The van der Waals surface area contributed by atoms with Crippen molar-refractivity contribution < 1.29 is 21.9 Å². The van der Waals surface area contributed by atoms with Gasteiger partial charge in [-0.05, 0) is 36.8 Å². The van der Waals surface area contributed by atoms with E-state index < -0.39 is 21.7 Å². The number of H-pyrrole nitrogens is 1. The number of nitrogens with zero attached hydrogens (tertiary/aromatic N) is 4. The van der Waals surface area contributed by atoms with Gasteiger partial charge < -0.3 is 4.74 Å². The summed E-state index contributed by atoms with van der Waals surface area (Å²) in [5.41, 5.74) is 2.20. The van der Waals surface area contributed by atoms with Crippen molar-refractivity contribution >= 4 is 21.1 Å². The van der Waals surface area contributed by atoms with Crippen LogP contribution in [0, 0.1) is 18.6 Å². The number of aromatic nitrogens is 4. The number of ether oxygens (including phenoxy) is 1. The monoisotopic (exact) mass is 445 g/mol. The summed E-state index contributed by atoms with van der Waals surface area (Å²) >= 11 is 0. The molecule has 2 aromatic carbocycles. The largest absolute Gasteiger partial charge is 0.421 e. The number of hydrogen-bond donors (Lipinski definition) is 1. The standard InChI is InChI=1S/C20H17F2N5O3S/c1-11-4-6-13(31(28,29)27(2)3)9-14(11)18-15-10-23-20(24-19(15)26-25-18)30-17-7-5-12(21)8-16(17)22/h4-10H,1-3H3,(H,23,24,25,26). The summed E-state index contributed by atoms with van der Waals surface area (Å²) in [6.07, 6.45) is 1.44. The molecule has 2 heterocycles. The zero-order chi connectivity index (χ0) is 22.3. The normalized spacial score (nSPS) is 11.9. The van der Waals surface area contributed by atoms with Crippen LogP contribution < -0.4 is 4.74 Å². The molecule has 0 aliphatic rings. The van der Waals surface area contributed by atoms with Crippen molar-refractivity contribution in [2.75, 3.05) is 14.1 Å². The number of hydrogen-bond acceptors (Lipinski definition) is 6. The Morgan fingerprint density at radius 3 is 2.58 bits per heavy atom. The maximum atomic E-state index is 13.8. The molecule has 0 bridgehead atoms. The number of nitrogens with one attached hydrogen (secondary N) is 1. The highest BCUT2D eigenvalue weighted by molar-refractivity contribution is 7.89. The van der Waals surface area contributed by atoms with E-state index in [1.807, 2.05) is 6.92 Å². The minimum atomic E-state index is -3.62. The van der Waals surface area contributed by atoms with Gasteiger partial charge in [-0.3, -0.25) is 5.10 Å². The van der Waals surface area contributed by atoms with Crippen molar-refractivity contribution in [3.05, 3.63) is 59.8 Å². The third-order valence-corrected chi connectivity index (χ3v) is 6.45. The van der Waals surface area contributed by atoms with Crippen molar-refractivity contribution in [1.82, 2.24) is 24.5 Å². The lowest BCUT2D eigenvalue weighted by Crippen LogP contribution is -2.22. The average Bonchev–Trinajstić information content (AvgIpc) is 3.13. The highest BCUT2D eigenvalue weighted by atomic mass is 32.2. The summed E-state index contributed by atoms with van der Waals surface area (Å²) in [6.45, 7) is 1.84. The van der Waals surface area contributed by atoms with Crippen molar-refractivity contribution in [1.29, 1.82) is 0 Å². The second-order valence-electron chi connectivity index (χ2n) is 6.93. The molecule has 1 N–H and O–H groups in total. The van der Waals surface area contributed by atoms with Gasteiger partial charge in [-0.15, -0.1) is 0 Å². The van der Waals surface area contributed by atoms with Gasteiger partial charge in [-0.2, -0.15) is 10.1 Å². The molecule has 2 aromatic heterocycles. The number of halogens is 2. The van der Waals surface area contributed by atoms with Gasteiger partial charge in [0.05, 0.1) is 16.0 Å². The van der Waals surface area contributed by atoms with Crippen molar-refractivity contribution in [3.63, 3.8) is 0 Å². The first kappa shape index (κ1) is 20.8. The Morgan fingerprint density at radius 1 is 1.10 bits per heavy atom. The average molecular weight is 445 g/mol. The van der Waals surface area contributed by atoms with E-state index in [9.17, 15) is 17.2 Å². The molecule has 4 rings (SSSR count). The van der Waals surface area contributed by atoms with Crippen LogP contribution >= 0.6 is 0 Å². The molecule has 31 heavy (non-hydrogen) atoms. The van der Waals surface area contributed by atoms with Gasteiger partial charge in [0.25, 0.3) is 0 Å². The second kappa shape index (κ2) is 7.67. The molecule has 0 unspecified atom stereocenters. The lowest BCUT2D eigenvalue weighted by Gasteiger charge is -2.13. The molecule has 0 saturated carbocycles. The lowest BCUT2D eigenvalue weighted by atomic mass is 10.0. The number of rotatable bonds is 5. The number of aromatic amines is 1. The molecular weight excluding hydrogens is 428 g/mol. The molecule has 11 heteroatoms. The zero-order valence-corrected chi connectivity index (χ0v) is 17.5. The Balaban J connectivity index is 1.74. The third-order valence-electron chi connectivity index (χ3n) is 4.64. The predicted octanol–water partition coefficient (Wildman–Crippen LogP) is 3.65. The highest BCUT2D eigenvalue weighted by Crippen LogP contribution is 2.31. The van der Waals surface area contributed by atoms with Crippen LogP contribution in [0.3, 0.4) is 0 Å². The van der Waals surface area contributed by atoms with Crippen LogP contribution in [0.25, 0.3) is 22.3 Å². The van der Waals surface area contributed by atoms with E-state index in [1.165, 1.54) is 26.4 Å². The smallest absolute Gasteiger partial charge is 0.324 e. The van der Waals surface area contributed by atoms with Crippen LogP contribution in [0.1, 0.15) is 5.56 Å². The minimum absolute atomic E-state index is 0.133. The first-order chi connectivity index (χ1) is 14.7. The Kier molecular flexibility index (Phi) is 5.15. The Bertz CT molecular complexity index is 1400. The van der Waals surface area contributed by atoms with Crippen LogP contribution in [-0.4, -0.2) is 47.0 Å². The molecule has 0 radical (unpaired) electrons. The number of aryl methyl sites for hydroxylation is 1. The van der Waals surface area contributed by atoms with E-state index in [1.54, 1.807) is 12.1 Å². The van der Waals surface area contributed by atoms with Crippen LogP contribution in [0.2, 0.25) is 0 Å². The molecule has 0 amide bonds. The summed E-state index contributed by atoms with van der Waals surface area (Å²) < 4.78 is 58.3. The maximum Gasteiger partial charge on any atom is 0.324 e. The SMILES string of the molecule is Cc1ccc(S(=O)(=O)N(C)C)cc1-c1[nH]nc2nc(Oc3ccc(F)cc3F)ncc12. The summed E-state index contributed by atoms with van der Waals surface area (Å²) in [5, 5.41) is 7.50. The van der Waals surface area contributed by atoms with E-state index in [0.717, 1.165) is 22.0 Å². The van der Waals surface area contributed by atoms with E-state index in [-0.39, 0.29) is 22.3 Å². The molecule has 0 aliphatic heterocycles. The zero-order valence-electron chi connectivity index (χ0n) is 16.7. The topological polar surface area (TPSA) is 101 Å². The van der Waals surface area contributed by atoms with Crippen molar-refractivity contribution in [2.45, 2.75) is 11.8 Å². The molecule has 0 fully saturated rings. The van der Waals surface area contributed by atoms with E-state index in [2.05, 4.69) is 20.2 Å². The summed E-state index contributed by atoms with van der Waals surface area (Å²) in [6, 6.07) is 7.50. The predicted molar refractivity (Wildman–Crippen MR) is 109 cm³/mol. The van der Waals surface area contributed by atoms with Crippen molar-refractivity contribution in [3.8, 4) is 23.0 Å². The number of sulfonamides is 1. The van der Waals surface area contributed by atoms with Gasteiger partial charge in [0.1, 0.15) is 5.82 Å². The minimum Gasteiger partial charge on any atom is -0.421 e. The fraction of sp³-hybridized carbons (Fsp3) is 0.150. The van der Waals surface area contributed by atoms with Gasteiger partial charge in [0.2, 0.25) is 10.0 Å². The van der Waals surface area contributed by atoms with Gasteiger partial charge in [-0.25, -0.2) is 26.5 Å². The Hall–Kier alpha value is -3.44. The number of fused-ring (bicyclic) bond motifs is 1. The molecule has 0 aliphatic carbocycles. The summed E-state index contributed by atoms with van der Waals surface area (Å²) in [7, 11) is -0.707. The Morgan fingerprint density at radius 2 is 1.87 bits per heavy atom. The summed E-state index contributed by atoms with van der Waals surface area (Å²) in [5.74, 6) is -1.85. The molecule has 8 nitrogen and oxygen atoms in total. The van der Waals surface area contributed by atoms with Crippen LogP contribution in [0.4, 0.5) is 8.78 Å². The molecule has 160 valence electrons. The van der Waals surface area contributed by atoms with Gasteiger partial charge >= 0.3 is 6.01 Å². The first-order valence-electron chi connectivity index (χ1n) is 9.04. The fourth-order valence-electron chi connectivity index (χ4n) is 2.94. The van der Waals surface area contributed by atoms with E-state index in [4.69, 9.17) is 4.74 Å². The van der Waals surface area contributed by atoms with Gasteiger partial charge in [-0.1, -0.05) is 6.07 Å². The van der Waals surface area contributed by atoms with Crippen LogP contribution in [-0.2, 0) is 10.0 Å². The van der Waals surface area contributed by atoms with Crippen molar-refractivity contribution in [2.24, 2.45) is 0 Å². The third kappa shape index (κ3) is 3.84. The lowest BCUT2D eigenvalue weighted by molar-refractivity contribution is 0.409. The maximum absolute atomic E-state index is 13.8. The molecular formula is C20H17F2N5O3S. The van der Waals surface area contributed by atoms with Gasteiger partial charge in [0, 0.05) is 31.9 Å². The molecule has 0 saturated heterocycles. The van der Waals surface area contributed by atoms with E-state index >= 15 is 0 Å². The molecule has 0 atom stereocenters. The van der Waals surface area contributed by atoms with Crippen LogP contribution in [0.15, 0.2) is 47.5 Å². The highest BCUT2D eigenvalue weighted by Gasteiger charge is 2.20. The first-order valence-corrected chi connectivity index (χ1v) is 10.5. The Labute approximate surface area is 176 Å². The molecule has 4 aromatic rings. The summed E-state index contributed by atoms with van der Waals surface area (Å²) in [4.78, 5) is 8.35. The van der Waals surface area contributed by atoms with Gasteiger partial charge in [0.15, 0.2) is 17.2 Å². The molecule has 0 spiro atoms. The fourth-order valence-corrected chi connectivity index (χ4v) is 3.87. The second-order valence-corrected chi connectivity index (χ2v) is 9.08. The number of benzene rings is 2. The quantitative estimate of drug-likeness (QED) is 0.503.